The van der Waals surface area contributed by atoms with Crippen molar-refractivity contribution in [3.63, 3.8) is 0 Å². The summed E-state index contributed by atoms with van der Waals surface area (Å²) in [5.74, 6) is -1.16. The molecule has 0 fully saturated rings. The number of hydrogen-bond acceptors (Lipinski definition) is 4. The van der Waals surface area contributed by atoms with E-state index in [1.165, 1.54) is 4.68 Å². The van der Waals surface area contributed by atoms with Crippen molar-refractivity contribution in [2.45, 2.75) is 45.4 Å². The molecule has 0 saturated heterocycles. The minimum Gasteiger partial charge on any atom is -0.480 e. The Balaban J connectivity index is 2.79. The van der Waals surface area contributed by atoms with E-state index >= 15 is 0 Å². The molecule has 8 heteroatoms. The molecule has 2 N–H and O–H groups in total. The van der Waals surface area contributed by atoms with E-state index in [4.69, 9.17) is 4.74 Å². The van der Waals surface area contributed by atoms with Crippen LogP contribution in [0.4, 0.5) is 4.79 Å². The summed E-state index contributed by atoms with van der Waals surface area (Å²) < 4.78 is 7.24. The first-order chi connectivity index (χ1) is 9.10. The lowest BCUT2D eigenvalue weighted by Crippen LogP contribution is -2.47. The fourth-order valence-corrected chi connectivity index (χ4v) is 1.81. The van der Waals surface area contributed by atoms with Crippen LogP contribution in [0.3, 0.4) is 0 Å². The highest BCUT2D eigenvalue weighted by molar-refractivity contribution is 9.10. The first kappa shape index (κ1) is 16.5. The summed E-state index contributed by atoms with van der Waals surface area (Å²) in [6.45, 7) is 6.76. The SMILES string of the molecule is CC(C(NC(=O)OC(C)(C)C)C(=O)O)n1cc(Br)cn1. The van der Waals surface area contributed by atoms with Gasteiger partial charge in [0, 0.05) is 6.20 Å². The molecule has 1 heterocycles. The van der Waals surface area contributed by atoms with Crippen LogP contribution in [0, 0.1) is 0 Å². The lowest BCUT2D eigenvalue weighted by molar-refractivity contribution is -0.140. The number of aliphatic carboxylic acids is 1. The molecular weight excluding hydrogens is 330 g/mol. The van der Waals surface area contributed by atoms with Crippen LogP contribution in [0.25, 0.3) is 0 Å². The summed E-state index contributed by atoms with van der Waals surface area (Å²) in [5, 5.41) is 15.6. The predicted octanol–water partition coefficient (Wildman–Crippen LogP) is 2.18. The van der Waals surface area contributed by atoms with E-state index < -0.39 is 29.7 Å². The van der Waals surface area contributed by atoms with Gasteiger partial charge in [0.05, 0.1) is 16.7 Å². The van der Waals surface area contributed by atoms with Gasteiger partial charge in [-0.2, -0.15) is 5.10 Å². The molecule has 0 bridgehead atoms. The van der Waals surface area contributed by atoms with Gasteiger partial charge in [0.15, 0.2) is 6.04 Å². The largest absolute Gasteiger partial charge is 0.480 e. The van der Waals surface area contributed by atoms with E-state index in [1.807, 2.05) is 0 Å². The number of ether oxygens (including phenoxy) is 1. The Kier molecular flexibility index (Phi) is 5.15. The smallest absolute Gasteiger partial charge is 0.408 e. The van der Waals surface area contributed by atoms with E-state index in [1.54, 1.807) is 40.1 Å². The Morgan fingerprint density at radius 2 is 2.10 bits per heavy atom. The Bertz CT molecular complexity index is 495. The minimum absolute atomic E-state index is 0.564. The summed E-state index contributed by atoms with van der Waals surface area (Å²) in [6, 6.07) is -1.71. The lowest BCUT2D eigenvalue weighted by Gasteiger charge is -2.25. The highest BCUT2D eigenvalue weighted by Gasteiger charge is 2.30. The third-order valence-corrected chi connectivity index (χ3v) is 2.82. The number of nitrogens with zero attached hydrogens (tertiary/aromatic N) is 2. The van der Waals surface area contributed by atoms with E-state index in [9.17, 15) is 14.7 Å². The summed E-state index contributed by atoms with van der Waals surface area (Å²) in [4.78, 5) is 23.0. The van der Waals surface area contributed by atoms with Crippen LogP contribution >= 0.6 is 15.9 Å². The van der Waals surface area contributed by atoms with Crippen LogP contribution in [0.1, 0.15) is 33.7 Å². The van der Waals surface area contributed by atoms with Crippen molar-refractivity contribution in [3.05, 3.63) is 16.9 Å². The van der Waals surface area contributed by atoms with Crippen molar-refractivity contribution in [1.29, 1.82) is 0 Å². The van der Waals surface area contributed by atoms with Crippen molar-refractivity contribution < 1.29 is 19.4 Å². The van der Waals surface area contributed by atoms with E-state index in [-0.39, 0.29) is 0 Å². The van der Waals surface area contributed by atoms with Gasteiger partial charge in [0.1, 0.15) is 5.60 Å². The molecule has 1 aromatic heterocycles. The summed E-state index contributed by atoms with van der Waals surface area (Å²) in [6.07, 6.45) is 2.41. The zero-order valence-electron chi connectivity index (χ0n) is 11.8. The number of hydrogen-bond donors (Lipinski definition) is 2. The molecule has 0 saturated carbocycles. The zero-order chi connectivity index (χ0) is 15.5. The molecule has 0 aromatic carbocycles. The monoisotopic (exact) mass is 347 g/mol. The highest BCUT2D eigenvalue weighted by Crippen LogP contribution is 2.16. The molecule has 2 unspecified atom stereocenters. The molecule has 20 heavy (non-hydrogen) atoms. The maximum atomic E-state index is 11.7. The number of carbonyl (C=O) groups excluding carboxylic acids is 1. The van der Waals surface area contributed by atoms with Crippen molar-refractivity contribution in [3.8, 4) is 0 Å². The molecule has 0 aliphatic rings. The van der Waals surface area contributed by atoms with Crippen LogP contribution in [0.5, 0.6) is 0 Å². The summed E-state index contributed by atoms with van der Waals surface area (Å²) in [5.41, 5.74) is -0.689. The van der Waals surface area contributed by atoms with Gasteiger partial charge in [-0.25, -0.2) is 9.59 Å². The average molecular weight is 348 g/mol. The molecule has 1 rings (SSSR count). The van der Waals surface area contributed by atoms with Gasteiger partial charge >= 0.3 is 12.1 Å². The van der Waals surface area contributed by atoms with Gasteiger partial charge in [-0.15, -0.1) is 0 Å². The number of carboxylic acids is 1. The Morgan fingerprint density at radius 3 is 2.50 bits per heavy atom. The number of nitrogens with one attached hydrogen (secondary N) is 1. The third-order valence-electron chi connectivity index (χ3n) is 2.41. The number of rotatable bonds is 4. The number of amides is 1. The number of alkyl carbamates (subject to hydrolysis) is 1. The standard InChI is InChI=1S/C12H18BrN3O4/c1-7(16-6-8(13)5-14-16)9(10(17)18)15-11(19)20-12(2,3)4/h5-7,9H,1-4H3,(H,15,19)(H,17,18). The molecule has 0 aliphatic carbocycles. The number of halogens is 1. The second-order valence-corrected chi connectivity index (χ2v) is 6.26. The molecule has 112 valence electrons. The predicted molar refractivity (Wildman–Crippen MR) is 75.4 cm³/mol. The average Bonchev–Trinajstić information content (AvgIpc) is 2.69. The first-order valence-electron chi connectivity index (χ1n) is 6.02. The van der Waals surface area contributed by atoms with Gasteiger partial charge < -0.3 is 15.2 Å². The normalized spacial score (nSPS) is 14.4. The van der Waals surface area contributed by atoms with Crippen LogP contribution in [0.2, 0.25) is 0 Å². The summed E-state index contributed by atoms with van der Waals surface area (Å²) >= 11 is 3.23. The summed E-state index contributed by atoms with van der Waals surface area (Å²) in [7, 11) is 0. The fraction of sp³-hybridized carbons (Fsp3) is 0.583. The molecule has 1 amide bonds. The maximum absolute atomic E-state index is 11.7. The quantitative estimate of drug-likeness (QED) is 0.870. The van der Waals surface area contributed by atoms with Crippen molar-refractivity contribution in [2.75, 3.05) is 0 Å². The highest BCUT2D eigenvalue weighted by atomic mass is 79.9. The zero-order valence-corrected chi connectivity index (χ0v) is 13.3. The maximum Gasteiger partial charge on any atom is 0.408 e. The lowest BCUT2D eigenvalue weighted by atomic mass is 10.1. The Hall–Kier alpha value is -1.57. The number of carboxylic acid groups (broad SMARTS) is 1. The van der Waals surface area contributed by atoms with E-state index in [2.05, 4.69) is 26.3 Å². The van der Waals surface area contributed by atoms with Crippen LogP contribution in [-0.2, 0) is 9.53 Å². The van der Waals surface area contributed by atoms with Gasteiger partial charge in [-0.3, -0.25) is 4.68 Å². The molecule has 0 spiro atoms. The molecule has 2 atom stereocenters. The number of aromatic nitrogens is 2. The first-order valence-corrected chi connectivity index (χ1v) is 6.81. The third kappa shape index (κ3) is 4.84. The topological polar surface area (TPSA) is 93.5 Å². The molecule has 7 nitrogen and oxygen atoms in total. The van der Waals surface area contributed by atoms with Crippen molar-refractivity contribution >= 4 is 28.0 Å². The second kappa shape index (κ2) is 6.25. The van der Waals surface area contributed by atoms with Gasteiger partial charge in [-0.1, -0.05) is 0 Å². The molecular formula is C12H18BrN3O4. The minimum atomic E-state index is -1.16. The van der Waals surface area contributed by atoms with Gasteiger partial charge in [-0.05, 0) is 43.6 Å². The molecule has 1 aromatic rings. The molecule has 0 radical (unpaired) electrons. The Labute approximate surface area is 125 Å². The van der Waals surface area contributed by atoms with Gasteiger partial charge in [0.25, 0.3) is 0 Å². The Morgan fingerprint density at radius 1 is 1.50 bits per heavy atom. The second-order valence-electron chi connectivity index (χ2n) is 5.34. The molecule has 0 aliphatic heterocycles. The number of carbonyl (C=O) groups is 2. The van der Waals surface area contributed by atoms with E-state index in [0.29, 0.717) is 0 Å². The van der Waals surface area contributed by atoms with E-state index in [0.717, 1.165) is 4.47 Å². The van der Waals surface area contributed by atoms with Crippen LogP contribution in [-0.4, -0.2) is 38.6 Å². The van der Waals surface area contributed by atoms with Crippen molar-refractivity contribution in [1.82, 2.24) is 15.1 Å². The van der Waals surface area contributed by atoms with Crippen LogP contribution < -0.4 is 5.32 Å². The van der Waals surface area contributed by atoms with Crippen LogP contribution in [0.15, 0.2) is 16.9 Å². The fourth-order valence-electron chi connectivity index (χ4n) is 1.51. The van der Waals surface area contributed by atoms with Gasteiger partial charge in [0.2, 0.25) is 0 Å². The van der Waals surface area contributed by atoms with Crippen molar-refractivity contribution in [2.24, 2.45) is 0 Å².